The average molecular weight is 268 g/mol. The van der Waals surface area contributed by atoms with Gasteiger partial charge in [-0.15, -0.1) is 0 Å². The van der Waals surface area contributed by atoms with E-state index in [0.29, 0.717) is 5.56 Å². The molecular weight excluding hydrogens is 252 g/mol. The average Bonchev–Trinajstić information content (AvgIpc) is 2.74. The smallest absolute Gasteiger partial charge is 0.330 e. The van der Waals surface area contributed by atoms with Gasteiger partial charge >= 0.3 is 5.69 Å². The van der Waals surface area contributed by atoms with Crippen molar-refractivity contribution in [2.45, 2.75) is 31.8 Å². The number of aliphatic hydroxyl groups is 2. The molecule has 1 aromatic rings. The van der Waals surface area contributed by atoms with Crippen LogP contribution < -0.4 is 11.2 Å². The molecule has 0 aliphatic carbocycles. The van der Waals surface area contributed by atoms with E-state index in [1.807, 2.05) is 0 Å². The van der Waals surface area contributed by atoms with Crippen molar-refractivity contribution in [2.24, 2.45) is 0 Å². The Morgan fingerprint density at radius 1 is 1.58 bits per heavy atom. The van der Waals surface area contributed by atoms with E-state index in [1.165, 1.54) is 10.8 Å². The van der Waals surface area contributed by atoms with E-state index in [9.17, 15) is 14.7 Å². The van der Waals surface area contributed by atoms with E-state index in [4.69, 9.17) is 9.84 Å². The summed E-state index contributed by atoms with van der Waals surface area (Å²) < 4.78 is 6.60. The van der Waals surface area contributed by atoms with Crippen LogP contribution in [0.2, 0.25) is 0 Å². The summed E-state index contributed by atoms with van der Waals surface area (Å²) in [6, 6.07) is 0. The molecule has 0 radical (unpaired) electrons. The number of allylic oxidation sites excluding steroid dienone is 1. The second-order valence-corrected chi connectivity index (χ2v) is 4.37. The van der Waals surface area contributed by atoms with Gasteiger partial charge in [0.2, 0.25) is 0 Å². The molecule has 19 heavy (non-hydrogen) atoms. The summed E-state index contributed by atoms with van der Waals surface area (Å²) >= 11 is 0. The van der Waals surface area contributed by atoms with Gasteiger partial charge in [-0.1, -0.05) is 12.2 Å². The molecule has 0 bridgehead atoms. The first-order chi connectivity index (χ1) is 9.06. The van der Waals surface area contributed by atoms with Gasteiger partial charge in [-0.25, -0.2) is 4.79 Å². The molecule has 1 fully saturated rings. The summed E-state index contributed by atoms with van der Waals surface area (Å²) in [5, 5.41) is 18.7. The fourth-order valence-corrected chi connectivity index (χ4v) is 2.06. The molecule has 2 heterocycles. The van der Waals surface area contributed by atoms with Crippen LogP contribution >= 0.6 is 0 Å². The Morgan fingerprint density at radius 3 is 2.89 bits per heavy atom. The van der Waals surface area contributed by atoms with Crippen LogP contribution in [0.25, 0.3) is 6.08 Å². The fraction of sp³-hybridized carbons (Fsp3) is 0.500. The molecule has 0 saturated carbocycles. The minimum Gasteiger partial charge on any atom is -0.394 e. The minimum absolute atomic E-state index is 0.187. The molecule has 1 unspecified atom stereocenters. The maximum atomic E-state index is 11.7. The first kappa shape index (κ1) is 13.7. The number of aromatic amines is 1. The molecule has 1 aliphatic heterocycles. The van der Waals surface area contributed by atoms with Crippen LogP contribution in [0.15, 0.2) is 21.9 Å². The zero-order valence-corrected chi connectivity index (χ0v) is 10.4. The molecule has 1 aliphatic rings. The zero-order valence-electron chi connectivity index (χ0n) is 10.4. The summed E-state index contributed by atoms with van der Waals surface area (Å²) in [7, 11) is 0. The summed E-state index contributed by atoms with van der Waals surface area (Å²) in [4.78, 5) is 25.5. The highest BCUT2D eigenvalue weighted by Gasteiger charge is 2.35. The van der Waals surface area contributed by atoms with Crippen LogP contribution in [0.5, 0.6) is 0 Å². The standard InChI is InChI=1S/C12H16N2O5/c1-2-3-7-5-14(12(18)13-11(7)17)10-4-8(16)9(6-15)19-10/h2-3,5,8-10,15-16H,4,6H2,1H3,(H,13,17,18)/t8?,9-,10-/m0/s1. The second-order valence-electron chi connectivity index (χ2n) is 4.37. The molecule has 7 nitrogen and oxygen atoms in total. The predicted octanol–water partition coefficient (Wildman–Crippen LogP) is -0.790. The Kier molecular flexibility index (Phi) is 3.98. The molecular formula is C12H16N2O5. The first-order valence-electron chi connectivity index (χ1n) is 5.99. The van der Waals surface area contributed by atoms with Crippen molar-refractivity contribution in [3.8, 4) is 0 Å². The number of aliphatic hydroxyl groups excluding tert-OH is 2. The van der Waals surface area contributed by atoms with Gasteiger partial charge in [0, 0.05) is 12.6 Å². The van der Waals surface area contributed by atoms with Gasteiger partial charge < -0.3 is 14.9 Å². The highest BCUT2D eigenvalue weighted by Crippen LogP contribution is 2.27. The van der Waals surface area contributed by atoms with Gasteiger partial charge in [0.05, 0.1) is 18.3 Å². The van der Waals surface area contributed by atoms with E-state index in [0.717, 1.165) is 0 Å². The molecule has 1 saturated heterocycles. The lowest BCUT2D eigenvalue weighted by atomic mass is 10.2. The fourth-order valence-electron chi connectivity index (χ4n) is 2.06. The number of nitrogens with one attached hydrogen (secondary N) is 1. The third kappa shape index (κ3) is 2.67. The maximum Gasteiger partial charge on any atom is 0.330 e. The normalized spacial score (nSPS) is 27.2. The number of nitrogens with zero attached hydrogens (tertiary/aromatic N) is 1. The maximum absolute atomic E-state index is 11.7. The minimum atomic E-state index is -0.834. The summed E-state index contributed by atoms with van der Waals surface area (Å²) in [6.07, 6.45) is 2.59. The van der Waals surface area contributed by atoms with Gasteiger partial charge in [0.25, 0.3) is 5.56 Å². The third-order valence-corrected chi connectivity index (χ3v) is 3.04. The van der Waals surface area contributed by atoms with Crippen LogP contribution in [0.3, 0.4) is 0 Å². The lowest BCUT2D eigenvalue weighted by molar-refractivity contribution is -0.0459. The van der Waals surface area contributed by atoms with Crippen molar-refractivity contribution in [1.82, 2.24) is 9.55 Å². The predicted molar refractivity (Wildman–Crippen MR) is 67.7 cm³/mol. The largest absolute Gasteiger partial charge is 0.394 e. The molecule has 7 heteroatoms. The van der Waals surface area contributed by atoms with E-state index in [1.54, 1.807) is 19.1 Å². The lowest BCUT2D eigenvalue weighted by Gasteiger charge is -2.14. The quantitative estimate of drug-likeness (QED) is 0.666. The molecule has 3 N–H and O–H groups in total. The highest BCUT2D eigenvalue weighted by molar-refractivity contribution is 5.45. The number of rotatable bonds is 3. The van der Waals surface area contributed by atoms with Crippen LogP contribution in [-0.4, -0.2) is 38.6 Å². The molecule has 0 spiro atoms. The number of aromatic nitrogens is 2. The van der Waals surface area contributed by atoms with Crippen molar-refractivity contribution in [2.75, 3.05) is 6.61 Å². The molecule has 2 rings (SSSR count). The summed E-state index contributed by atoms with van der Waals surface area (Å²) in [6.45, 7) is 1.43. The van der Waals surface area contributed by atoms with Crippen LogP contribution in [0, 0.1) is 0 Å². The summed E-state index contributed by atoms with van der Waals surface area (Å²) in [5.41, 5.74) is -0.752. The van der Waals surface area contributed by atoms with Gasteiger partial charge in [0.15, 0.2) is 0 Å². The molecule has 1 aromatic heterocycles. The van der Waals surface area contributed by atoms with Crippen molar-refractivity contribution in [1.29, 1.82) is 0 Å². The molecule has 104 valence electrons. The van der Waals surface area contributed by atoms with Gasteiger partial charge in [-0.05, 0) is 6.92 Å². The van der Waals surface area contributed by atoms with Crippen LogP contribution in [0.4, 0.5) is 0 Å². The molecule has 0 aromatic carbocycles. The van der Waals surface area contributed by atoms with Gasteiger partial charge in [-0.2, -0.15) is 0 Å². The Morgan fingerprint density at radius 2 is 2.32 bits per heavy atom. The topological polar surface area (TPSA) is 105 Å². The SMILES string of the molecule is CC=Cc1cn([C@@H]2CC(O)[C@H](CO)O2)c(=O)[nH]c1=O. The molecule has 3 atom stereocenters. The zero-order chi connectivity index (χ0) is 14.0. The highest BCUT2D eigenvalue weighted by atomic mass is 16.5. The number of H-pyrrole nitrogens is 1. The van der Waals surface area contributed by atoms with Crippen molar-refractivity contribution < 1.29 is 14.9 Å². The number of ether oxygens (including phenoxy) is 1. The van der Waals surface area contributed by atoms with Gasteiger partial charge in [0.1, 0.15) is 12.3 Å². The van der Waals surface area contributed by atoms with Crippen molar-refractivity contribution in [3.05, 3.63) is 38.7 Å². The Balaban J connectivity index is 2.38. The van der Waals surface area contributed by atoms with Crippen LogP contribution in [-0.2, 0) is 4.74 Å². The van der Waals surface area contributed by atoms with E-state index >= 15 is 0 Å². The Hall–Kier alpha value is -1.70. The van der Waals surface area contributed by atoms with Gasteiger partial charge in [-0.3, -0.25) is 14.3 Å². The summed E-state index contributed by atoms with van der Waals surface area (Å²) in [5.74, 6) is 0. The molecule has 0 amide bonds. The Bertz CT molecular complexity index is 589. The number of hydrogen-bond donors (Lipinski definition) is 3. The van der Waals surface area contributed by atoms with E-state index in [-0.39, 0.29) is 13.0 Å². The monoisotopic (exact) mass is 268 g/mol. The third-order valence-electron chi connectivity index (χ3n) is 3.04. The lowest BCUT2D eigenvalue weighted by Crippen LogP contribution is -2.33. The number of hydrogen-bond acceptors (Lipinski definition) is 5. The Labute approximate surface area is 108 Å². The van der Waals surface area contributed by atoms with Crippen molar-refractivity contribution >= 4 is 6.08 Å². The van der Waals surface area contributed by atoms with E-state index < -0.39 is 29.7 Å². The van der Waals surface area contributed by atoms with Crippen molar-refractivity contribution in [3.63, 3.8) is 0 Å². The second kappa shape index (κ2) is 5.52. The van der Waals surface area contributed by atoms with E-state index in [2.05, 4.69) is 4.98 Å². The van der Waals surface area contributed by atoms with Crippen LogP contribution in [0.1, 0.15) is 25.1 Å². The first-order valence-corrected chi connectivity index (χ1v) is 5.99.